The summed E-state index contributed by atoms with van der Waals surface area (Å²) in [7, 11) is 3.35. The zero-order chi connectivity index (χ0) is 14.6. The zero-order valence-electron chi connectivity index (χ0n) is 12.0. The van der Waals surface area contributed by atoms with E-state index in [9.17, 15) is 14.4 Å². The van der Waals surface area contributed by atoms with Crippen molar-refractivity contribution >= 4 is 17.8 Å². The molecule has 1 saturated carbocycles. The fourth-order valence-electron chi connectivity index (χ4n) is 3.32. The molecule has 2 rings (SSSR count). The highest BCUT2D eigenvalue weighted by atomic mass is 16.6. The van der Waals surface area contributed by atoms with Gasteiger partial charge in [0.15, 0.2) is 5.41 Å². The van der Waals surface area contributed by atoms with Crippen LogP contribution in [0.15, 0.2) is 0 Å². The van der Waals surface area contributed by atoms with E-state index in [0.29, 0.717) is 12.8 Å². The summed E-state index contributed by atoms with van der Waals surface area (Å²) in [6.07, 6.45) is 0.812. The third-order valence-corrected chi connectivity index (χ3v) is 5.14. The number of hydrogen-bond acceptors (Lipinski definition) is 5. The Morgan fingerprint density at radius 3 is 2.26 bits per heavy atom. The number of carbonyl (C=O) groups excluding carboxylic acids is 3. The van der Waals surface area contributed by atoms with E-state index in [4.69, 9.17) is 4.74 Å². The molecule has 0 spiro atoms. The summed E-state index contributed by atoms with van der Waals surface area (Å²) >= 11 is 0. The molecule has 2 aliphatic rings. The molecule has 2 fully saturated rings. The summed E-state index contributed by atoms with van der Waals surface area (Å²) in [5, 5.41) is 1.49. The minimum absolute atomic E-state index is 0.334. The molecule has 1 heterocycles. The van der Waals surface area contributed by atoms with Crippen molar-refractivity contribution in [1.29, 1.82) is 0 Å². The second-order valence-corrected chi connectivity index (χ2v) is 6.37. The zero-order valence-corrected chi connectivity index (χ0v) is 12.0. The predicted molar refractivity (Wildman–Crippen MR) is 66.5 cm³/mol. The fraction of sp³-hybridized carbons (Fsp3) is 0.769. The highest BCUT2D eigenvalue weighted by molar-refractivity contribution is 6.10. The van der Waals surface area contributed by atoms with Crippen LogP contribution in [-0.2, 0) is 19.1 Å². The molecule has 1 saturated heterocycles. The van der Waals surface area contributed by atoms with Crippen LogP contribution < -0.4 is 5.43 Å². The van der Waals surface area contributed by atoms with Gasteiger partial charge in [0.25, 0.3) is 5.91 Å². The van der Waals surface area contributed by atoms with Crippen LogP contribution >= 0.6 is 0 Å². The average Bonchev–Trinajstić information content (AvgIpc) is 2.40. The lowest BCUT2D eigenvalue weighted by atomic mass is 9.57. The van der Waals surface area contributed by atoms with Gasteiger partial charge in [0.2, 0.25) is 0 Å². The molecule has 106 valence electrons. The first-order valence-electron chi connectivity index (χ1n) is 6.35. The van der Waals surface area contributed by atoms with Gasteiger partial charge in [-0.1, -0.05) is 13.8 Å². The van der Waals surface area contributed by atoms with Crippen LogP contribution in [0.25, 0.3) is 0 Å². The molecule has 2 unspecified atom stereocenters. The molecular formula is C13H20N2O4. The van der Waals surface area contributed by atoms with E-state index in [-0.39, 0.29) is 0 Å². The quantitative estimate of drug-likeness (QED) is 0.448. The van der Waals surface area contributed by atoms with E-state index in [0.717, 1.165) is 0 Å². The van der Waals surface area contributed by atoms with E-state index in [1.54, 1.807) is 34.9 Å². The van der Waals surface area contributed by atoms with Gasteiger partial charge >= 0.3 is 11.9 Å². The second kappa shape index (κ2) is 3.79. The summed E-state index contributed by atoms with van der Waals surface area (Å²) < 4.78 is 4.86. The van der Waals surface area contributed by atoms with Gasteiger partial charge in [0.05, 0.1) is 5.41 Å². The van der Waals surface area contributed by atoms with E-state index in [1.165, 1.54) is 5.01 Å². The monoisotopic (exact) mass is 268 g/mol. The van der Waals surface area contributed by atoms with Gasteiger partial charge < -0.3 is 4.74 Å². The number of carbonyl (C=O) groups is 3. The van der Waals surface area contributed by atoms with Crippen molar-refractivity contribution in [1.82, 2.24) is 10.4 Å². The number of hydrogen-bond donors (Lipinski definition) is 1. The lowest BCUT2D eigenvalue weighted by Crippen LogP contribution is -2.63. The third kappa shape index (κ3) is 1.43. The first-order valence-corrected chi connectivity index (χ1v) is 6.35. The number of nitrogens with zero attached hydrogens (tertiary/aromatic N) is 1. The second-order valence-electron chi connectivity index (χ2n) is 6.37. The van der Waals surface area contributed by atoms with Crippen LogP contribution in [0, 0.1) is 16.2 Å². The number of fused-ring (bicyclic) bond motifs is 2. The number of amides is 1. The summed E-state index contributed by atoms with van der Waals surface area (Å²) in [5.41, 5.74) is -0.233. The molecule has 2 bridgehead atoms. The first kappa shape index (κ1) is 14.0. The Morgan fingerprint density at radius 1 is 1.16 bits per heavy atom. The maximum Gasteiger partial charge on any atom is 0.329 e. The van der Waals surface area contributed by atoms with Crippen LogP contribution in [0.2, 0.25) is 0 Å². The molecule has 0 aromatic heterocycles. The van der Waals surface area contributed by atoms with Crippen LogP contribution in [0.3, 0.4) is 0 Å². The molecule has 19 heavy (non-hydrogen) atoms. The third-order valence-electron chi connectivity index (χ3n) is 5.14. The maximum absolute atomic E-state index is 12.5. The molecule has 1 aliphatic carbocycles. The summed E-state index contributed by atoms with van der Waals surface area (Å²) in [6.45, 7) is 5.37. The Hall–Kier alpha value is -1.43. The van der Waals surface area contributed by atoms with Crippen molar-refractivity contribution in [3.05, 3.63) is 0 Å². The van der Waals surface area contributed by atoms with E-state index in [1.807, 2.05) is 0 Å². The molecule has 6 nitrogen and oxygen atoms in total. The number of nitrogens with one attached hydrogen (secondary N) is 1. The van der Waals surface area contributed by atoms with Crippen molar-refractivity contribution in [2.24, 2.45) is 16.2 Å². The Labute approximate surface area is 112 Å². The lowest BCUT2D eigenvalue weighted by molar-refractivity contribution is -0.197. The van der Waals surface area contributed by atoms with Gasteiger partial charge in [-0.05, 0) is 19.8 Å². The van der Waals surface area contributed by atoms with E-state index in [2.05, 4.69) is 5.43 Å². The molecule has 1 aliphatic heterocycles. The molecule has 1 N–H and O–H groups in total. The fourth-order valence-corrected chi connectivity index (χ4v) is 3.32. The standard InChI is InChI=1S/C13H20N2O4/c1-11(2)12(3)6-7-13(11,8(16)14-15(4)5)10(18)19-9(12)17/h6-7H2,1-5H3,(H,14,16). The Bertz CT molecular complexity index is 471. The van der Waals surface area contributed by atoms with Crippen molar-refractivity contribution in [2.75, 3.05) is 14.1 Å². The number of cyclic esters (lactones) is 2. The number of esters is 2. The highest BCUT2D eigenvalue weighted by Crippen LogP contribution is 2.66. The summed E-state index contributed by atoms with van der Waals surface area (Å²) in [6, 6.07) is 0. The average molecular weight is 268 g/mol. The smallest absolute Gasteiger partial charge is 0.329 e. The maximum atomic E-state index is 12.5. The van der Waals surface area contributed by atoms with Crippen LogP contribution in [0.5, 0.6) is 0 Å². The molecule has 0 aromatic rings. The van der Waals surface area contributed by atoms with Gasteiger partial charge in [-0.25, -0.2) is 5.01 Å². The van der Waals surface area contributed by atoms with E-state index < -0.39 is 34.1 Å². The predicted octanol–water partition coefficient (Wildman–Crippen LogP) is 0.475. The minimum atomic E-state index is -1.29. The molecule has 0 aromatic carbocycles. The summed E-state index contributed by atoms with van der Waals surface area (Å²) in [5.74, 6) is -1.64. The number of hydrazine groups is 1. The SMILES string of the molecule is CN(C)NC(=O)C12CCC(C)(C(=O)OC1=O)C2(C)C. The van der Waals surface area contributed by atoms with Crippen LogP contribution in [0.4, 0.5) is 0 Å². The minimum Gasteiger partial charge on any atom is -0.392 e. The normalized spacial score (nSPS) is 36.3. The topological polar surface area (TPSA) is 75.7 Å². The van der Waals surface area contributed by atoms with Gasteiger partial charge in [0, 0.05) is 19.5 Å². The Kier molecular flexibility index (Phi) is 2.79. The largest absolute Gasteiger partial charge is 0.392 e. The Morgan fingerprint density at radius 2 is 1.74 bits per heavy atom. The van der Waals surface area contributed by atoms with Gasteiger partial charge in [-0.2, -0.15) is 0 Å². The van der Waals surface area contributed by atoms with Gasteiger partial charge in [0.1, 0.15) is 0 Å². The van der Waals surface area contributed by atoms with Crippen molar-refractivity contribution < 1.29 is 19.1 Å². The van der Waals surface area contributed by atoms with Gasteiger partial charge in [-0.3, -0.25) is 19.8 Å². The molecule has 1 amide bonds. The van der Waals surface area contributed by atoms with Crippen LogP contribution in [0.1, 0.15) is 33.6 Å². The number of rotatable bonds is 2. The summed E-state index contributed by atoms with van der Waals surface area (Å²) in [4.78, 5) is 36.7. The van der Waals surface area contributed by atoms with Crippen molar-refractivity contribution in [3.8, 4) is 0 Å². The Balaban J connectivity index is 2.53. The van der Waals surface area contributed by atoms with Gasteiger partial charge in [-0.15, -0.1) is 0 Å². The highest BCUT2D eigenvalue weighted by Gasteiger charge is 2.75. The molecule has 6 heteroatoms. The number of ether oxygens (including phenoxy) is 1. The molecule has 2 atom stereocenters. The van der Waals surface area contributed by atoms with Crippen LogP contribution in [-0.4, -0.2) is 37.0 Å². The molecule has 0 radical (unpaired) electrons. The van der Waals surface area contributed by atoms with Crippen molar-refractivity contribution in [3.63, 3.8) is 0 Å². The van der Waals surface area contributed by atoms with Crippen molar-refractivity contribution in [2.45, 2.75) is 33.6 Å². The first-order chi connectivity index (χ1) is 8.59. The van der Waals surface area contributed by atoms with E-state index >= 15 is 0 Å². The molecular weight excluding hydrogens is 248 g/mol. The lowest BCUT2D eigenvalue weighted by Gasteiger charge is -2.48.